The van der Waals surface area contributed by atoms with Crippen LogP contribution in [0, 0.1) is 11.8 Å². The van der Waals surface area contributed by atoms with Crippen LogP contribution in [-0.2, 0) is 14.3 Å². The molecule has 0 aromatic rings. The third-order valence-electron chi connectivity index (χ3n) is 5.58. The van der Waals surface area contributed by atoms with Crippen LogP contribution in [0.3, 0.4) is 0 Å². The third kappa shape index (κ3) is 6.23. The Morgan fingerprint density at radius 2 is 1.77 bits per heavy atom. The van der Waals surface area contributed by atoms with Gasteiger partial charge in [-0.2, -0.15) is 0 Å². The minimum atomic E-state index is -0.0394. The van der Waals surface area contributed by atoms with Crippen molar-refractivity contribution in [3.63, 3.8) is 0 Å². The van der Waals surface area contributed by atoms with Crippen molar-refractivity contribution < 1.29 is 14.3 Å². The summed E-state index contributed by atoms with van der Waals surface area (Å²) in [6, 6.07) is -0.0394. The minimum absolute atomic E-state index is 0.0394. The van der Waals surface area contributed by atoms with Crippen LogP contribution in [0.15, 0.2) is 0 Å². The zero-order valence-corrected chi connectivity index (χ0v) is 16.8. The number of rotatable bonds is 9. The van der Waals surface area contributed by atoms with Crippen molar-refractivity contribution in [2.24, 2.45) is 11.8 Å². The Morgan fingerprint density at radius 3 is 2.35 bits per heavy atom. The van der Waals surface area contributed by atoms with E-state index in [9.17, 15) is 9.59 Å². The van der Waals surface area contributed by atoms with Crippen molar-refractivity contribution in [2.45, 2.75) is 58.4 Å². The molecule has 1 N–H and O–H groups in total. The highest BCUT2D eigenvalue weighted by molar-refractivity contribution is 5.82. The van der Waals surface area contributed by atoms with Gasteiger partial charge in [0.25, 0.3) is 0 Å². The Kier molecular flexibility index (Phi) is 8.85. The number of hydrogen-bond acceptors (Lipinski definition) is 4. The van der Waals surface area contributed by atoms with Gasteiger partial charge in [0, 0.05) is 52.9 Å². The molecule has 0 radical (unpaired) electrons. The zero-order chi connectivity index (χ0) is 18.9. The zero-order valence-electron chi connectivity index (χ0n) is 16.8. The van der Waals surface area contributed by atoms with E-state index >= 15 is 0 Å². The number of hydrogen-bond donors (Lipinski definition) is 1. The predicted octanol–water partition coefficient (Wildman–Crippen LogP) is 1.89. The molecule has 0 aromatic carbocycles. The summed E-state index contributed by atoms with van der Waals surface area (Å²) in [5.74, 6) is 1.26. The van der Waals surface area contributed by atoms with Gasteiger partial charge in [-0.05, 0) is 31.1 Å². The maximum atomic E-state index is 12.9. The molecule has 1 aliphatic carbocycles. The van der Waals surface area contributed by atoms with E-state index < -0.39 is 0 Å². The number of nitrogens with zero attached hydrogens (tertiary/aromatic N) is 2. The first-order valence-electron chi connectivity index (χ1n) is 10.3. The standard InChI is InChI=1S/C20H37N3O3/c1-16(2)15-18(24)22-10-12-23(13-11-22)19(17-7-4-5-8-17)20(25)21-9-6-14-26-3/h16-17,19H,4-15H2,1-3H3,(H,21,25)/t19-/m0/s1. The van der Waals surface area contributed by atoms with E-state index in [-0.39, 0.29) is 17.9 Å². The maximum Gasteiger partial charge on any atom is 0.237 e. The normalized spacial score (nSPS) is 20.5. The Bertz CT molecular complexity index is 442. The van der Waals surface area contributed by atoms with Crippen LogP contribution in [0.5, 0.6) is 0 Å². The van der Waals surface area contributed by atoms with E-state index in [2.05, 4.69) is 24.1 Å². The van der Waals surface area contributed by atoms with Crippen LogP contribution in [0.1, 0.15) is 52.4 Å². The molecule has 0 spiro atoms. The van der Waals surface area contributed by atoms with Crippen LogP contribution in [0.2, 0.25) is 0 Å². The molecule has 1 atom stereocenters. The molecule has 150 valence electrons. The van der Waals surface area contributed by atoms with Crippen LogP contribution in [-0.4, -0.2) is 74.1 Å². The largest absolute Gasteiger partial charge is 0.385 e. The fourth-order valence-electron chi connectivity index (χ4n) is 4.21. The summed E-state index contributed by atoms with van der Waals surface area (Å²) in [7, 11) is 1.68. The van der Waals surface area contributed by atoms with E-state index in [0.717, 1.165) is 45.4 Å². The fraction of sp³-hybridized carbons (Fsp3) is 0.900. The predicted molar refractivity (Wildman–Crippen MR) is 103 cm³/mol. The molecule has 0 aromatic heterocycles. The van der Waals surface area contributed by atoms with Crippen molar-refractivity contribution in [3.8, 4) is 0 Å². The summed E-state index contributed by atoms with van der Waals surface area (Å²) < 4.78 is 5.06. The maximum absolute atomic E-state index is 12.9. The van der Waals surface area contributed by atoms with Gasteiger partial charge in [-0.15, -0.1) is 0 Å². The molecular formula is C20H37N3O3. The average Bonchev–Trinajstić information content (AvgIpc) is 3.13. The van der Waals surface area contributed by atoms with Gasteiger partial charge in [0.15, 0.2) is 0 Å². The first-order chi connectivity index (χ1) is 12.5. The minimum Gasteiger partial charge on any atom is -0.385 e. The van der Waals surface area contributed by atoms with Gasteiger partial charge < -0.3 is 15.0 Å². The number of methoxy groups -OCH3 is 1. The number of ether oxygens (including phenoxy) is 1. The van der Waals surface area contributed by atoms with Crippen molar-refractivity contribution in [3.05, 3.63) is 0 Å². The van der Waals surface area contributed by atoms with Gasteiger partial charge in [-0.3, -0.25) is 14.5 Å². The van der Waals surface area contributed by atoms with E-state index in [4.69, 9.17) is 4.74 Å². The van der Waals surface area contributed by atoms with Gasteiger partial charge >= 0.3 is 0 Å². The smallest absolute Gasteiger partial charge is 0.237 e. The van der Waals surface area contributed by atoms with Crippen molar-refractivity contribution >= 4 is 11.8 Å². The van der Waals surface area contributed by atoms with Crippen molar-refractivity contribution in [2.75, 3.05) is 46.4 Å². The lowest BCUT2D eigenvalue weighted by Gasteiger charge is -2.41. The highest BCUT2D eigenvalue weighted by atomic mass is 16.5. The van der Waals surface area contributed by atoms with Crippen LogP contribution in [0.25, 0.3) is 0 Å². The Morgan fingerprint density at radius 1 is 1.12 bits per heavy atom. The molecule has 1 saturated heterocycles. The quantitative estimate of drug-likeness (QED) is 0.632. The van der Waals surface area contributed by atoms with Gasteiger partial charge in [-0.25, -0.2) is 0 Å². The molecule has 26 heavy (non-hydrogen) atoms. The van der Waals surface area contributed by atoms with Gasteiger partial charge in [0.05, 0.1) is 6.04 Å². The molecule has 0 bridgehead atoms. The van der Waals surface area contributed by atoms with E-state index in [1.165, 1.54) is 12.8 Å². The molecule has 6 heteroatoms. The topological polar surface area (TPSA) is 61.9 Å². The fourth-order valence-corrected chi connectivity index (χ4v) is 4.21. The summed E-state index contributed by atoms with van der Waals surface area (Å²) in [5, 5.41) is 3.11. The van der Waals surface area contributed by atoms with E-state index in [1.807, 2.05) is 4.90 Å². The summed E-state index contributed by atoms with van der Waals surface area (Å²) in [5.41, 5.74) is 0. The molecule has 1 aliphatic heterocycles. The van der Waals surface area contributed by atoms with Gasteiger partial charge in [-0.1, -0.05) is 26.7 Å². The van der Waals surface area contributed by atoms with Crippen molar-refractivity contribution in [1.29, 1.82) is 0 Å². The number of nitrogens with one attached hydrogen (secondary N) is 1. The Labute approximate surface area is 158 Å². The lowest BCUT2D eigenvalue weighted by atomic mass is 9.95. The first-order valence-corrected chi connectivity index (χ1v) is 10.3. The third-order valence-corrected chi connectivity index (χ3v) is 5.58. The number of amides is 2. The number of carbonyl (C=O) groups is 2. The highest BCUT2D eigenvalue weighted by Gasteiger charge is 2.37. The second-order valence-electron chi connectivity index (χ2n) is 8.14. The van der Waals surface area contributed by atoms with Gasteiger partial charge in [0.1, 0.15) is 0 Å². The number of carbonyl (C=O) groups excluding carboxylic acids is 2. The second-order valence-corrected chi connectivity index (χ2v) is 8.14. The molecule has 6 nitrogen and oxygen atoms in total. The summed E-state index contributed by atoms with van der Waals surface area (Å²) in [4.78, 5) is 29.5. The van der Waals surface area contributed by atoms with Crippen molar-refractivity contribution in [1.82, 2.24) is 15.1 Å². The summed E-state index contributed by atoms with van der Waals surface area (Å²) >= 11 is 0. The first kappa shape index (κ1) is 21.2. The second kappa shape index (κ2) is 10.9. The molecule has 2 fully saturated rings. The van der Waals surface area contributed by atoms with Crippen LogP contribution >= 0.6 is 0 Å². The van der Waals surface area contributed by atoms with Crippen LogP contribution < -0.4 is 5.32 Å². The lowest BCUT2D eigenvalue weighted by Crippen LogP contribution is -2.58. The summed E-state index contributed by atoms with van der Waals surface area (Å²) in [6.45, 7) is 8.59. The molecular weight excluding hydrogens is 330 g/mol. The number of piperazine rings is 1. The molecule has 2 aliphatic rings. The summed E-state index contributed by atoms with van der Waals surface area (Å²) in [6.07, 6.45) is 6.20. The molecule has 2 amide bonds. The highest BCUT2D eigenvalue weighted by Crippen LogP contribution is 2.31. The molecule has 0 unspecified atom stereocenters. The Hall–Kier alpha value is -1.14. The van der Waals surface area contributed by atoms with E-state index in [1.54, 1.807) is 7.11 Å². The van der Waals surface area contributed by atoms with E-state index in [0.29, 0.717) is 31.4 Å². The average molecular weight is 368 g/mol. The molecule has 1 saturated carbocycles. The molecule has 1 heterocycles. The lowest BCUT2D eigenvalue weighted by molar-refractivity contribution is -0.136. The Balaban J connectivity index is 1.90. The molecule has 2 rings (SSSR count). The SMILES string of the molecule is COCCCNC(=O)[C@H](C1CCCC1)N1CCN(C(=O)CC(C)C)CC1. The monoisotopic (exact) mass is 367 g/mol. The van der Waals surface area contributed by atoms with Crippen LogP contribution in [0.4, 0.5) is 0 Å². The van der Waals surface area contributed by atoms with Gasteiger partial charge in [0.2, 0.25) is 11.8 Å².